The van der Waals surface area contributed by atoms with Gasteiger partial charge in [0.2, 0.25) is 0 Å². The number of morpholine rings is 1. The van der Waals surface area contributed by atoms with Crippen molar-refractivity contribution in [2.75, 3.05) is 18.9 Å². The van der Waals surface area contributed by atoms with Crippen LogP contribution in [0.15, 0.2) is 12.1 Å². The summed E-state index contributed by atoms with van der Waals surface area (Å²) in [5.41, 5.74) is 4.78. The third kappa shape index (κ3) is 2.60. The number of carbonyl (C=O) groups is 1. The quantitative estimate of drug-likeness (QED) is 0.809. The number of hydrogen-bond acceptors (Lipinski definition) is 3. The minimum absolute atomic E-state index is 0.00502. The van der Waals surface area contributed by atoms with Crippen LogP contribution in [-0.4, -0.2) is 36.1 Å². The number of halogens is 2. The van der Waals surface area contributed by atoms with Gasteiger partial charge in [-0.2, -0.15) is 0 Å². The van der Waals surface area contributed by atoms with Crippen LogP contribution >= 0.6 is 0 Å². The van der Waals surface area contributed by atoms with E-state index >= 15 is 0 Å². The van der Waals surface area contributed by atoms with Crippen LogP contribution in [0.5, 0.6) is 0 Å². The van der Waals surface area contributed by atoms with Gasteiger partial charge in [0.05, 0.1) is 30.0 Å². The van der Waals surface area contributed by atoms with E-state index in [1.165, 1.54) is 0 Å². The van der Waals surface area contributed by atoms with Gasteiger partial charge in [-0.25, -0.2) is 8.78 Å². The zero-order chi connectivity index (χ0) is 15.0. The second kappa shape index (κ2) is 5.60. The summed E-state index contributed by atoms with van der Waals surface area (Å²) < 4.78 is 33.2. The first-order valence-electron chi connectivity index (χ1n) is 7.25. The van der Waals surface area contributed by atoms with Crippen LogP contribution in [0.4, 0.5) is 14.5 Å². The third-order valence-corrected chi connectivity index (χ3v) is 4.29. The molecule has 3 rings (SSSR count). The number of hydrogen-bond donors (Lipinski definition) is 1. The molecular formula is C15H18F2N2O2. The number of fused-ring (bicyclic) bond motifs is 1. The van der Waals surface area contributed by atoms with Crippen molar-refractivity contribution in [2.45, 2.75) is 37.8 Å². The number of rotatable bonds is 1. The Morgan fingerprint density at radius 1 is 1.29 bits per heavy atom. The van der Waals surface area contributed by atoms with Crippen molar-refractivity contribution in [3.05, 3.63) is 29.3 Å². The van der Waals surface area contributed by atoms with Gasteiger partial charge >= 0.3 is 0 Å². The molecule has 6 heteroatoms. The van der Waals surface area contributed by atoms with Crippen LogP contribution in [-0.2, 0) is 4.74 Å². The van der Waals surface area contributed by atoms with E-state index in [9.17, 15) is 13.6 Å². The Balaban J connectivity index is 1.90. The van der Waals surface area contributed by atoms with Crippen LogP contribution in [0.1, 0.15) is 36.0 Å². The summed E-state index contributed by atoms with van der Waals surface area (Å²) in [4.78, 5) is 14.2. The van der Waals surface area contributed by atoms with Crippen molar-refractivity contribution in [1.82, 2.24) is 4.90 Å². The van der Waals surface area contributed by atoms with E-state index in [2.05, 4.69) is 0 Å². The number of ether oxygens (including phenoxy) is 1. The predicted molar refractivity (Wildman–Crippen MR) is 73.8 cm³/mol. The lowest BCUT2D eigenvalue weighted by atomic mass is 9.89. The molecule has 0 radical (unpaired) electrons. The molecule has 2 aliphatic rings. The van der Waals surface area contributed by atoms with Gasteiger partial charge in [0, 0.05) is 6.54 Å². The van der Waals surface area contributed by atoms with Crippen LogP contribution in [0, 0.1) is 11.6 Å². The Bertz CT molecular complexity index is 563. The van der Waals surface area contributed by atoms with Gasteiger partial charge in [-0.05, 0) is 25.0 Å². The Morgan fingerprint density at radius 3 is 2.86 bits per heavy atom. The molecule has 1 saturated carbocycles. The monoisotopic (exact) mass is 296 g/mol. The van der Waals surface area contributed by atoms with E-state index < -0.39 is 17.5 Å². The first-order chi connectivity index (χ1) is 10.1. The fourth-order valence-corrected chi connectivity index (χ4v) is 3.27. The van der Waals surface area contributed by atoms with Gasteiger partial charge in [-0.15, -0.1) is 0 Å². The van der Waals surface area contributed by atoms with Gasteiger partial charge in [0.15, 0.2) is 5.82 Å². The minimum Gasteiger partial charge on any atom is -0.396 e. The molecule has 0 aromatic heterocycles. The van der Waals surface area contributed by atoms with Crippen LogP contribution < -0.4 is 5.73 Å². The highest BCUT2D eigenvalue weighted by Gasteiger charge is 2.37. The fourth-order valence-electron chi connectivity index (χ4n) is 3.27. The summed E-state index contributed by atoms with van der Waals surface area (Å²) in [5.74, 6) is -2.05. The van der Waals surface area contributed by atoms with Crippen LogP contribution in [0.25, 0.3) is 0 Å². The highest BCUT2D eigenvalue weighted by Crippen LogP contribution is 2.30. The summed E-state index contributed by atoms with van der Waals surface area (Å²) in [6, 6.07) is 1.75. The molecule has 1 aliphatic carbocycles. The maximum atomic E-state index is 14.0. The smallest absolute Gasteiger partial charge is 0.257 e. The Morgan fingerprint density at radius 2 is 2.05 bits per heavy atom. The van der Waals surface area contributed by atoms with Crippen LogP contribution in [0.2, 0.25) is 0 Å². The molecule has 1 aliphatic heterocycles. The first kappa shape index (κ1) is 14.3. The molecule has 0 spiro atoms. The second-order valence-electron chi connectivity index (χ2n) is 5.62. The highest BCUT2D eigenvalue weighted by atomic mass is 19.1. The van der Waals surface area contributed by atoms with Crippen molar-refractivity contribution in [3.63, 3.8) is 0 Å². The molecule has 1 aromatic rings. The van der Waals surface area contributed by atoms with E-state index in [-0.39, 0.29) is 23.4 Å². The first-order valence-corrected chi connectivity index (χ1v) is 7.25. The van der Waals surface area contributed by atoms with Gasteiger partial charge in [-0.1, -0.05) is 12.8 Å². The Kier molecular flexibility index (Phi) is 3.80. The van der Waals surface area contributed by atoms with Crippen LogP contribution in [0.3, 0.4) is 0 Å². The lowest BCUT2D eigenvalue weighted by Gasteiger charge is -2.43. The summed E-state index contributed by atoms with van der Waals surface area (Å²) >= 11 is 0. The van der Waals surface area contributed by atoms with E-state index in [1.54, 1.807) is 4.90 Å². The lowest BCUT2D eigenvalue weighted by molar-refractivity contribution is -0.0753. The lowest BCUT2D eigenvalue weighted by Crippen LogP contribution is -2.55. The zero-order valence-corrected chi connectivity index (χ0v) is 11.6. The average Bonchev–Trinajstić information content (AvgIpc) is 2.49. The molecular weight excluding hydrogens is 278 g/mol. The summed E-state index contributed by atoms with van der Waals surface area (Å²) in [6.45, 7) is 0.829. The standard InChI is InChI=1S/C15H18F2N2O2/c16-9-7-10(14(17)11(18)8-9)15(20)19-5-6-21-13-4-2-1-3-12(13)19/h7-8,12-13H,1-6,18H2. The van der Waals surface area contributed by atoms with E-state index in [0.717, 1.165) is 37.8 Å². The minimum atomic E-state index is -0.847. The topological polar surface area (TPSA) is 55.6 Å². The number of benzene rings is 1. The maximum Gasteiger partial charge on any atom is 0.257 e. The SMILES string of the molecule is Nc1cc(F)cc(C(=O)N2CCOC3CCCCC32)c1F. The van der Waals surface area contributed by atoms with Gasteiger partial charge in [0.1, 0.15) is 5.82 Å². The molecule has 1 saturated heterocycles. The third-order valence-electron chi connectivity index (χ3n) is 4.29. The molecule has 1 heterocycles. The molecule has 114 valence electrons. The van der Waals surface area contributed by atoms with E-state index in [4.69, 9.17) is 10.5 Å². The summed E-state index contributed by atoms with van der Waals surface area (Å²) in [5, 5.41) is 0. The molecule has 2 unspecified atom stereocenters. The van der Waals surface area contributed by atoms with Crippen molar-refractivity contribution in [1.29, 1.82) is 0 Å². The second-order valence-corrected chi connectivity index (χ2v) is 5.62. The van der Waals surface area contributed by atoms with Gasteiger partial charge in [-0.3, -0.25) is 4.79 Å². The van der Waals surface area contributed by atoms with E-state index in [0.29, 0.717) is 13.2 Å². The largest absolute Gasteiger partial charge is 0.396 e. The maximum absolute atomic E-state index is 14.0. The fraction of sp³-hybridized carbons (Fsp3) is 0.533. The highest BCUT2D eigenvalue weighted by molar-refractivity contribution is 5.95. The number of nitrogen functional groups attached to an aromatic ring is 1. The summed E-state index contributed by atoms with van der Waals surface area (Å²) in [6.07, 6.45) is 3.84. The van der Waals surface area contributed by atoms with E-state index in [1.807, 2.05) is 0 Å². The summed E-state index contributed by atoms with van der Waals surface area (Å²) in [7, 11) is 0. The molecule has 1 amide bonds. The van der Waals surface area contributed by atoms with Crippen molar-refractivity contribution < 1.29 is 18.3 Å². The normalized spacial score (nSPS) is 25.5. The number of nitrogens with zero attached hydrogens (tertiary/aromatic N) is 1. The predicted octanol–water partition coefficient (Wildman–Crippen LogP) is 2.33. The number of anilines is 1. The Labute approximate surface area is 121 Å². The number of carbonyl (C=O) groups excluding carboxylic acids is 1. The van der Waals surface area contributed by atoms with Crippen molar-refractivity contribution in [3.8, 4) is 0 Å². The van der Waals surface area contributed by atoms with Gasteiger partial charge < -0.3 is 15.4 Å². The molecule has 0 bridgehead atoms. The zero-order valence-electron chi connectivity index (χ0n) is 11.6. The number of nitrogens with two attached hydrogens (primary N) is 1. The molecule has 21 heavy (non-hydrogen) atoms. The molecule has 2 fully saturated rings. The molecule has 4 nitrogen and oxygen atoms in total. The number of amides is 1. The Hall–Kier alpha value is -1.69. The molecule has 1 aromatic carbocycles. The molecule has 2 N–H and O–H groups in total. The average molecular weight is 296 g/mol. The van der Waals surface area contributed by atoms with Crippen molar-refractivity contribution in [2.24, 2.45) is 0 Å². The molecule has 2 atom stereocenters. The van der Waals surface area contributed by atoms with Gasteiger partial charge in [0.25, 0.3) is 5.91 Å². The van der Waals surface area contributed by atoms with Crippen molar-refractivity contribution >= 4 is 11.6 Å².